The average Bonchev–Trinajstić information content (AvgIpc) is 2.02. The van der Waals surface area contributed by atoms with E-state index < -0.39 is 9.28 Å². The van der Waals surface area contributed by atoms with Crippen LogP contribution >= 0.6 is 0 Å². The van der Waals surface area contributed by atoms with Gasteiger partial charge in [0.2, 0.25) is 0 Å². The van der Waals surface area contributed by atoms with Crippen molar-refractivity contribution < 1.29 is 8.85 Å². The molecule has 0 radical (unpaired) electrons. The summed E-state index contributed by atoms with van der Waals surface area (Å²) in [7, 11) is 1.76. The van der Waals surface area contributed by atoms with Crippen molar-refractivity contribution in [3.05, 3.63) is 0 Å². The number of hydrogen-bond acceptors (Lipinski definition) is 3. The Morgan fingerprint density at radius 3 is 2.00 bits per heavy atom. The average molecular weight is 205 g/mol. The van der Waals surface area contributed by atoms with Crippen molar-refractivity contribution in [1.82, 2.24) is 0 Å². The lowest BCUT2D eigenvalue weighted by molar-refractivity contribution is 0.257. The molecule has 0 rings (SSSR count). The van der Waals surface area contributed by atoms with Crippen molar-refractivity contribution >= 4 is 9.28 Å². The van der Waals surface area contributed by atoms with Gasteiger partial charge in [0.15, 0.2) is 0 Å². The van der Waals surface area contributed by atoms with E-state index in [2.05, 4.69) is 20.8 Å². The third kappa shape index (κ3) is 6.21. The molecule has 0 aromatic heterocycles. The van der Waals surface area contributed by atoms with E-state index in [-0.39, 0.29) is 5.67 Å². The molecule has 1 unspecified atom stereocenters. The lowest BCUT2D eigenvalue weighted by Crippen LogP contribution is -2.42. The SMILES string of the molecule is CO[SiH](OC)C(N)CCC(C)(C)C. The second-order valence-electron chi connectivity index (χ2n) is 4.60. The van der Waals surface area contributed by atoms with E-state index in [0.29, 0.717) is 5.41 Å². The molecule has 0 bridgehead atoms. The molecule has 0 heterocycles. The van der Waals surface area contributed by atoms with Crippen LogP contribution in [0.3, 0.4) is 0 Å². The van der Waals surface area contributed by atoms with E-state index in [9.17, 15) is 0 Å². The fourth-order valence-corrected chi connectivity index (χ4v) is 2.51. The summed E-state index contributed by atoms with van der Waals surface area (Å²) >= 11 is 0. The summed E-state index contributed by atoms with van der Waals surface area (Å²) in [6.07, 6.45) is 2.10. The van der Waals surface area contributed by atoms with Gasteiger partial charge in [0.1, 0.15) is 0 Å². The molecule has 0 saturated heterocycles. The van der Waals surface area contributed by atoms with Gasteiger partial charge in [0.05, 0.1) is 0 Å². The quantitative estimate of drug-likeness (QED) is 0.686. The predicted octanol–water partition coefficient (Wildman–Crippen LogP) is 1.19. The van der Waals surface area contributed by atoms with Crippen molar-refractivity contribution in [1.29, 1.82) is 0 Å². The highest BCUT2D eigenvalue weighted by Crippen LogP contribution is 2.21. The summed E-state index contributed by atoms with van der Waals surface area (Å²) in [6.45, 7) is 6.65. The molecule has 0 aromatic rings. The lowest BCUT2D eigenvalue weighted by Gasteiger charge is -2.23. The van der Waals surface area contributed by atoms with Gasteiger partial charge in [0.25, 0.3) is 0 Å². The molecule has 0 aliphatic rings. The summed E-state index contributed by atoms with van der Waals surface area (Å²) in [4.78, 5) is 0. The van der Waals surface area contributed by atoms with Gasteiger partial charge in [-0.3, -0.25) is 0 Å². The molecule has 2 N–H and O–H groups in total. The van der Waals surface area contributed by atoms with E-state index >= 15 is 0 Å². The largest absolute Gasteiger partial charge is 0.399 e. The van der Waals surface area contributed by atoms with Crippen LogP contribution in [0.4, 0.5) is 0 Å². The van der Waals surface area contributed by atoms with Crippen LogP contribution in [0.1, 0.15) is 33.6 Å². The monoisotopic (exact) mass is 205 g/mol. The van der Waals surface area contributed by atoms with Crippen LogP contribution in [0.5, 0.6) is 0 Å². The molecular weight excluding hydrogens is 182 g/mol. The van der Waals surface area contributed by atoms with Crippen LogP contribution in [0.2, 0.25) is 0 Å². The van der Waals surface area contributed by atoms with Gasteiger partial charge in [-0.05, 0) is 18.3 Å². The van der Waals surface area contributed by atoms with Gasteiger partial charge in [0, 0.05) is 19.9 Å². The van der Waals surface area contributed by atoms with E-state index in [1.54, 1.807) is 14.2 Å². The zero-order valence-corrected chi connectivity index (χ0v) is 10.6. The molecule has 3 nitrogen and oxygen atoms in total. The summed E-state index contributed by atoms with van der Waals surface area (Å²) in [5.74, 6) is 0. The zero-order chi connectivity index (χ0) is 10.5. The number of rotatable bonds is 5. The summed E-state index contributed by atoms with van der Waals surface area (Å²) in [6, 6.07) is 0. The maximum atomic E-state index is 5.96. The Hall–Kier alpha value is 0.0969. The second-order valence-corrected chi connectivity index (χ2v) is 7.14. The van der Waals surface area contributed by atoms with Crippen molar-refractivity contribution in [2.75, 3.05) is 14.2 Å². The van der Waals surface area contributed by atoms with Crippen LogP contribution < -0.4 is 5.73 Å². The predicted molar refractivity (Wildman–Crippen MR) is 57.8 cm³/mol. The fourth-order valence-electron chi connectivity index (χ4n) is 1.18. The zero-order valence-electron chi connectivity index (χ0n) is 9.46. The first-order valence-corrected chi connectivity index (χ1v) is 6.33. The first-order valence-electron chi connectivity index (χ1n) is 4.72. The Morgan fingerprint density at radius 1 is 1.23 bits per heavy atom. The maximum absolute atomic E-state index is 5.96. The van der Waals surface area contributed by atoms with Gasteiger partial charge in [-0.15, -0.1) is 0 Å². The van der Waals surface area contributed by atoms with E-state index in [1.807, 2.05) is 0 Å². The van der Waals surface area contributed by atoms with Gasteiger partial charge in [-0.2, -0.15) is 0 Å². The minimum absolute atomic E-state index is 0.106. The molecule has 13 heavy (non-hydrogen) atoms. The minimum Gasteiger partial charge on any atom is -0.399 e. The van der Waals surface area contributed by atoms with Gasteiger partial charge in [-0.1, -0.05) is 20.8 Å². The van der Waals surface area contributed by atoms with Crippen molar-refractivity contribution in [3.63, 3.8) is 0 Å². The highest BCUT2D eigenvalue weighted by atomic mass is 28.3. The molecule has 4 heteroatoms. The number of hydrogen-bond donors (Lipinski definition) is 1. The molecule has 0 amide bonds. The Morgan fingerprint density at radius 2 is 1.69 bits per heavy atom. The Bertz CT molecular complexity index is 132. The Kier molecular flexibility index (Phi) is 5.79. The van der Waals surface area contributed by atoms with Crippen molar-refractivity contribution in [2.45, 2.75) is 39.3 Å². The summed E-state index contributed by atoms with van der Waals surface area (Å²) in [5.41, 5.74) is 6.41. The van der Waals surface area contributed by atoms with E-state index in [4.69, 9.17) is 14.6 Å². The molecule has 0 spiro atoms. The van der Waals surface area contributed by atoms with Gasteiger partial charge < -0.3 is 14.6 Å². The minimum atomic E-state index is -1.60. The standard InChI is InChI=1S/C9H23NO2Si/c1-9(2,3)7-6-8(10)13(11-4)12-5/h8,13H,6-7,10H2,1-5H3. The Labute approximate surface area is 83.5 Å². The smallest absolute Gasteiger partial charge is 0.338 e. The van der Waals surface area contributed by atoms with Gasteiger partial charge >= 0.3 is 9.28 Å². The lowest BCUT2D eigenvalue weighted by atomic mass is 9.91. The Balaban J connectivity index is 3.78. The van der Waals surface area contributed by atoms with Crippen LogP contribution in [-0.2, 0) is 8.85 Å². The summed E-state index contributed by atoms with van der Waals surface area (Å²) < 4.78 is 10.4. The van der Waals surface area contributed by atoms with Crippen molar-refractivity contribution in [2.24, 2.45) is 11.1 Å². The normalized spacial score (nSPS) is 15.0. The van der Waals surface area contributed by atoms with Crippen LogP contribution in [-0.4, -0.2) is 29.2 Å². The molecule has 80 valence electrons. The van der Waals surface area contributed by atoms with Crippen LogP contribution in [0, 0.1) is 5.41 Å². The molecule has 0 aromatic carbocycles. The van der Waals surface area contributed by atoms with Crippen LogP contribution in [0.25, 0.3) is 0 Å². The van der Waals surface area contributed by atoms with Crippen molar-refractivity contribution in [3.8, 4) is 0 Å². The third-order valence-electron chi connectivity index (χ3n) is 2.04. The first kappa shape index (κ1) is 13.1. The van der Waals surface area contributed by atoms with Gasteiger partial charge in [-0.25, -0.2) is 0 Å². The summed E-state index contributed by atoms with van der Waals surface area (Å²) in [5, 5.41) is 0. The van der Waals surface area contributed by atoms with E-state index in [0.717, 1.165) is 12.8 Å². The highest BCUT2D eigenvalue weighted by Gasteiger charge is 2.22. The molecule has 1 atom stereocenters. The molecule has 0 saturated carbocycles. The molecule has 0 fully saturated rings. The fraction of sp³-hybridized carbons (Fsp3) is 1.00. The third-order valence-corrected chi connectivity index (χ3v) is 4.00. The first-order chi connectivity index (χ1) is 5.90. The van der Waals surface area contributed by atoms with E-state index in [1.165, 1.54) is 0 Å². The van der Waals surface area contributed by atoms with Crippen LogP contribution in [0.15, 0.2) is 0 Å². The topological polar surface area (TPSA) is 44.5 Å². The molecule has 0 aliphatic heterocycles. The molecule has 0 aliphatic carbocycles. The number of nitrogens with two attached hydrogens (primary N) is 1. The highest BCUT2D eigenvalue weighted by molar-refractivity contribution is 6.46. The second kappa shape index (κ2) is 5.75. The molecular formula is C9H23NO2Si. The maximum Gasteiger partial charge on any atom is 0.338 e.